The smallest absolute Gasteiger partial charge is 0.326 e. The van der Waals surface area contributed by atoms with Crippen LogP contribution in [0.3, 0.4) is 0 Å². The first-order chi connectivity index (χ1) is 9.26. The van der Waals surface area contributed by atoms with Crippen LogP contribution in [0.2, 0.25) is 0 Å². The zero-order chi connectivity index (χ0) is 15.3. The van der Waals surface area contributed by atoms with E-state index in [4.69, 9.17) is 4.74 Å². The fraction of sp³-hybridized carbons (Fsp3) is 0.429. The van der Waals surface area contributed by atoms with E-state index in [0.29, 0.717) is 5.56 Å². The maximum Gasteiger partial charge on any atom is 0.326 e. The van der Waals surface area contributed by atoms with Gasteiger partial charge in [-0.2, -0.15) is 0 Å². The molecule has 110 valence electrons. The lowest BCUT2D eigenvalue weighted by molar-refractivity contribution is -0.147. The third-order valence-corrected chi connectivity index (χ3v) is 3.04. The van der Waals surface area contributed by atoms with Gasteiger partial charge in [0.1, 0.15) is 17.4 Å². The van der Waals surface area contributed by atoms with Crippen molar-refractivity contribution in [3.63, 3.8) is 0 Å². The molecule has 0 fully saturated rings. The summed E-state index contributed by atoms with van der Waals surface area (Å²) in [6, 6.07) is 5.10. The van der Waals surface area contributed by atoms with E-state index in [1.165, 1.54) is 19.2 Å². The molecule has 20 heavy (non-hydrogen) atoms. The summed E-state index contributed by atoms with van der Waals surface area (Å²) in [4.78, 5) is 23.1. The summed E-state index contributed by atoms with van der Waals surface area (Å²) in [7, 11) is 1.38. The van der Waals surface area contributed by atoms with Crippen molar-refractivity contribution in [3.8, 4) is 5.75 Å². The van der Waals surface area contributed by atoms with E-state index >= 15 is 0 Å². The maximum atomic E-state index is 11.9. The highest BCUT2D eigenvalue weighted by Crippen LogP contribution is 2.13. The summed E-state index contributed by atoms with van der Waals surface area (Å²) in [5, 5.41) is 20.8. The maximum absolute atomic E-state index is 11.9. The molecule has 1 aromatic carbocycles. The van der Waals surface area contributed by atoms with Crippen LogP contribution in [0.5, 0.6) is 5.75 Å². The topological polar surface area (TPSA) is 95.9 Å². The van der Waals surface area contributed by atoms with Gasteiger partial charge in [0.2, 0.25) is 0 Å². The molecule has 0 aliphatic carbocycles. The van der Waals surface area contributed by atoms with Gasteiger partial charge in [0.15, 0.2) is 0 Å². The van der Waals surface area contributed by atoms with Gasteiger partial charge >= 0.3 is 5.97 Å². The van der Waals surface area contributed by atoms with Crippen molar-refractivity contribution in [2.24, 2.45) is 0 Å². The van der Waals surface area contributed by atoms with Gasteiger partial charge in [-0.15, -0.1) is 0 Å². The number of aliphatic carboxylic acids is 1. The van der Waals surface area contributed by atoms with Crippen LogP contribution in [0, 0.1) is 0 Å². The number of benzene rings is 1. The molecule has 1 atom stereocenters. The molecule has 0 unspecified atom stereocenters. The quantitative estimate of drug-likeness (QED) is 0.721. The van der Waals surface area contributed by atoms with Crippen molar-refractivity contribution >= 4 is 11.9 Å². The van der Waals surface area contributed by atoms with Crippen LogP contribution in [0.25, 0.3) is 0 Å². The van der Waals surface area contributed by atoms with Gasteiger partial charge in [0, 0.05) is 13.5 Å². The lowest BCUT2D eigenvalue weighted by atomic mass is 10.0. The number of rotatable bonds is 6. The van der Waals surface area contributed by atoms with Crippen LogP contribution in [0.1, 0.15) is 19.4 Å². The predicted molar refractivity (Wildman–Crippen MR) is 72.5 cm³/mol. The first-order valence-electron chi connectivity index (χ1n) is 6.13. The first-order valence-corrected chi connectivity index (χ1v) is 6.13. The molecular weight excluding hydrogens is 262 g/mol. The van der Waals surface area contributed by atoms with E-state index in [1.807, 2.05) is 0 Å². The summed E-state index contributed by atoms with van der Waals surface area (Å²) in [6.07, 6.45) is 0.126. The molecule has 0 saturated carbocycles. The minimum atomic E-state index is -1.13. The second-order valence-electron chi connectivity index (χ2n) is 4.95. The highest BCUT2D eigenvalue weighted by atomic mass is 16.5. The standard InChI is InChI=1S/C14H19NO5/c1-14(2,20-3)13(19)15-11(12(17)18)8-9-4-6-10(16)7-5-9/h4-7,11,16H,8H2,1-3H3,(H,15,19)(H,17,18)/t11-/m0/s1. The minimum Gasteiger partial charge on any atom is -0.508 e. The fourth-order valence-corrected chi connectivity index (χ4v) is 1.49. The number of carboxylic acids is 1. The Labute approximate surface area is 117 Å². The SMILES string of the molecule is COC(C)(C)C(=O)N[C@@H](Cc1ccc(O)cc1)C(=O)O. The van der Waals surface area contributed by atoms with Crippen molar-refractivity contribution < 1.29 is 24.5 Å². The Morgan fingerprint density at radius 2 is 1.85 bits per heavy atom. The number of hydrogen-bond acceptors (Lipinski definition) is 4. The van der Waals surface area contributed by atoms with Crippen molar-refractivity contribution in [2.75, 3.05) is 7.11 Å². The van der Waals surface area contributed by atoms with Crippen molar-refractivity contribution in [3.05, 3.63) is 29.8 Å². The zero-order valence-corrected chi connectivity index (χ0v) is 11.7. The number of carboxylic acid groups (broad SMARTS) is 1. The molecule has 0 bridgehead atoms. The number of phenols is 1. The number of carbonyl (C=O) groups is 2. The van der Waals surface area contributed by atoms with Gasteiger partial charge in [-0.25, -0.2) is 4.79 Å². The third kappa shape index (κ3) is 4.24. The molecule has 6 nitrogen and oxygen atoms in total. The van der Waals surface area contributed by atoms with Crippen molar-refractivity contribution in [1.29, 1.82) is 0 Å². The average molecular weight is 281 g/mol. The molecule has 0 aliphatic rings. The lowest BCUT2D eigenvalue weighted by Gasteiger charge is -2.24. The summed E-state index contributed by atoms with van der Waals surface area (Å²) < 4.78 is 5.01. The van der Waals surface area contributed by atoms with Gasteiger partial charge in [0.25, 0.3) is 5.91 Å². The molecule has 1 rings (SSSR count). The first kappa shape index (κ1) is 16.0. The van der Waals surface area contributed by atoms with Gasteiger partial charge in [-0.3, -0.25) is 4.79 Å². The zero-order valence-electron chi connectivity index (χ0n) is 11.7. The highest BCUT2D eigenvalue weighted by Gasteiger charge is 2.31. The van der Waals surface area contributed by atoms with Crippen LogP contribution >= 0.6 is 0 Å². The number of hydrogen-bond donors (Lipinski definition) is 3. The van der Waals surface area contributed by atoms with E-state index in [2.05, 4.69) is 5.32 Å². The Kier molecular flexibility index (Phi) is 5.10. The largest absolute Gasteiger partial charge is 0.508 e. The summed E-state index contributed by atoms with van der Waals surface area (Å²) in [5.41, 5.74) is -0.395. The van der Waals surface area contributed by atoms with E-state index < -0.39 is 23.5 Å². The molecule has 0 aromatic heterocycles. The number of nitrogens with one attached hydrogen (secondary N) is 1. The molecule has 0 aliphatic heterocycles. The number of carbonyl (C=O) groups excluding carboxylic acids is 1. The summed E-state index contributed by atoms with van der Waals surface area (Å²) in [5.74, 6) is -1.52. The normalized spacial score (nSPS) is 12.8. The van der Waals surface area contributed by atoms with Gasteiger partial charge in [0.05, 0.1) is 0 Å². The second-order valence-corrected chi connectivity index (χ2v) is 4.95. The molecular formula is C14H19NO5. The Bertz CT molecular complexity index is 481. The predicted octanol–water partition coefficient (Wildman–Crippen LogP) is 0.929. The van der Waals surface area contributed by atoms with Crippen molar-refractivity contribution in [1.82, 2.24) is 5.32 Å². The lowest BCUT2D eigenvalue weighted by Crippen LogP contribution is -2.51. The van der Waals surface area contributed by atoms with E-state index in [1.54, 1.807) is 26.0 Å². The number of aromatic hydroxyl groups is 1. The van der Waals surface area contributed by atoms with Crippen molar-refractivity contribution in [2.45, 2.75) is 31.9 Å². The molecule has 6 heteroatoms. The van der Waals surface area contributed by atoms with Crippen LogP contribution in [0.15, 0.2) is 24.3 Å². The number of methoxy groups -OCH3 is 1. The summed E-state index contributed by atoms with van der Waals surface area (Å²) in [6.45, 7) is 3.11. The van der Waals surface area contributed by atoms with Crippen LogP contribution in [-0.4, -0.2) is 40.8 Å². The average Bonchev–Trinajstić information content (AvgIpc) is 2.40. The number of ether oxygens (including phenoxy) is 1. The molecule has 0 saturated heterocycles. The third-order valence-electron chi connectivity index (χ3n) is 3.04. The minimum absolute atomic E-state index is 0.102. The summed E-state index contributed by atoms with van der Waals surface area (Å²) >= 11 is 0. The molecule has 3 N–H and O–H groups in total. The number of amides is 1. The second kappa shape index (κ2) is 6.38. The Hall–Kier alpha value is -2.08. The molecule has 1 aromatic rings. The highest BCUT2D eigenvalue weighted by molar-refractivity contribution is 5.88. The molecule has 0 heterocycles. The van der Waals surface area contributed by atoms with E-state index in [0.717, 1.165) is 0 Å². The van der Waals surface area contributed by atoms with Crippen LogP contribution in [0.4, 0.5) is 0 Å². The molecule has 0 radical (unpaired) electrons. The molecule has 1 amide bonds. The Morgan fingerprint density at radius 1 is 1.30 bits per heavy atom. The monoisotopic (exact) mass is 281 g/mol. The van der Waals surface area contributed by atoms with Gasteiger partial charge in [-0.1, -0.05) is 12.1 Å². The Balaban J connectivity index is 2.78. The van der Waals surface area contributed by atoms with Crippen LogP contribution in [-0.2, 0) is 20.7 Å². The van der Waals surface area contributed by atoms with Gasteiger partial charge < -0.3 is 20.3 Å². The van der Waals surface area contributed by atoms with Gasteiger partial charge in [-0.05, 0) is 31.5 Å². The number of phenolic OH excluding ortho intramolecular Hbond substituents is 1. The van der Waals surface area contributed by atoms with Crippen LogP contribution < -0.4 is 5.32 Å². The Morgan fingerprint density at radius 3 is 2.30 bits per heavy atom. The molecule has 0 spiro atoms. The van der Waals surface area contributed by atoms with E-state index in [-0.39, 0.29) is 12.2 Å². The van der Waals surface area contributed by atoms with E-state index in [9.17, 15) is 19.8 Å². The fourth-order valence-electron chi connectivity index (χ4n) is 1.49.